The minimum atomic E-state index is -2.86. The van der Waals surface area contributed by atoms with Crippen LogP contribution >= 0.6 is 0 Å². The summed E-state index contributed by atoms with van der Waals surface area (Å²) in [7, 11) is 0. The molecule has 0 aliphatic carbocycles. The summed E-state index contributed by atoms with van der Waals surface area (Å²) in [4.78, 5) is 28.6. The molecule has 6 nitrogen and oxygen atoms in total. The molecule has 172 valence electrons. The second-order valence-electron chi connectivity index (χ2n) is 7.80. The molecule has 1 aliphatic heterocycles. The van der Waals surface area contributed by atoms with Crippen molar-refractivity contribution in [2.45, 2.75) is 32.4 Å². The molecule has 8 heteroatoms. The molecule has 2 aromatic carbocycles. The fourth-order valence-corrected chi connectivity index (χ4v) is 3.65. The van der Waals surface area contributed by atoms with E-state index >= 15 is 0 Å². The van der Waals surface area contributed by atoms with Crippen molar-refractivity contribution in [3.8, 4) is 5.75 Å². The molecule has 1 aliphatic rings. The van der Waals surface area contributed by atoms with Gasteiger partial charge in [-0.1, -0.05) is 42.5 Å². The first-order valence-electron chi connectivity index (χ1n) is 10.8. The summed E-state index contributed by atoms with van der Waals surface area (Å²) < 4.78 is 28.7. The first-order valence-corrected chi connectivity index (χ1v) is 10.8. The summed E-state index contributed by atoms with van der Waals surface area (Å²) in [6, 6.07) is 16.3. The van der Waals surface area contributed by atoms with Gasteiger partial charge in [0.15, 0.2) is 0 Å². The van der Waals surface area contributed by atoms with Crippen molar-refractivity contribution in [1.29, 1.82) is 0 Å². The normalized spacial score (nSPS) is 14.4. The van der Waals surface area contributed by atoms with Gasteiger partial charge in [-0.15, -0.1) is 0 Å². The van der Waals surface area contributed by atoms with E-state index in [2.05, 4.69) is 22.2 Å². The number of aryl methyl sites for hydroxylation is 1. The van der Waals surface area contributed by atoms with Gasteiger partial charge in [-0.25, -0.2) is 0 Å². The van der Waals surface area contributed by atoms with Crippen LogP contribution in [0.3, 0.4) is 0 Å². The van der Waals surface area contributed by atoms with E-state index in [1.165, 1.54) is 17.7 Å². The van der Waals surface area contributed by atoms with Crippen LogP contribution in [0.4, 0.5) is 8.78 Å². The van der Waals surface area contributed by atoms with Gasteiger partial charge in [0.2, 0.25) is 11.8 Å². The van der Waals surface area contributed by atoms with Gasteiger partial charge in [0, 0.05) is 39.1 Å². The van der Waals surface area contributed by atoms with Gasteiger partial charge in [0.1, 0.15) is 5.75 Å². The number of rotatable bonds is 10. The van der Waals surface area contributed by atoms with Crippen LogP contribution in [-0.4, -0.2) is 60.9 Å². The molecule has 0 spiro atoms. The first kappa shape index (κ1) is 23.7. The molecule has 1 N–H and O–H groups in total. The largest absolute Gasteiger partial charge is 0.435 e. The minimum absolute atomic E-state index is 0.0857. The molecule has 0 atom stereocenters. The van der Waals surface area contributed by atoms with Crippen LogP contribution in [0.5, 0.6) is 5.75 Å². The standard InChI is InChI=1S/C24H29F2N3O3/c25-24(26)32-21-11-9-20(10-12-21)17-27-22(30)18-28-13-15-29(16-14-28)23(31)8-4-7-19-5-2-1-3-6-19/h1-3,5-6,9-12,24H,4,7-8,13-18H2,(H,27,30). The Labute approximate surface area is 187 Å². The average Bonchev–Trinajstić information content (AvgIpc) is 2.79. The Morgan fingerprint density at radius 2 is 1.62 bits per heavy atom. The van der Waals surface area contributed by atoms with Crippen molar-refractivity contribution in [2.24, 2.45) is 0 Å². The number of hydrogen-bond donors (Lipinski definition) is 1. The molecule has 0 aromatic heterocycles. The van der Waals surface area contributed by atoms with E-state index in [0.717, 1.165) is 18.4 Å². The minimum Gasteiger partial charge on any atom is -0.435 e. The Morgan fingerprint density at radius 3 is 2.28 bits per heavy atom. The van der Waals surface area contributed by atoms with Crippen LogP contribution < -0.4 is 10.1 Å². The summed E-state index contributed by atoms with van der Waals surface area (Å²) in [5.41, 5.74) is 2.04. The van der Waals surface area contributed by atoms with E-state index in [1.54, 1.807) is 12.1 Å². The lowest BCUT2D eigenvalue weighted by Gasteiger charge is -2.34. The van der Waals surface area contributed by atoms with E-state index in [4.69, 9.17) is 0 Å². The zero-order valence-electron chi connectivity index (χ0n) is 18.0. The Balaban J connectivity index is 1.31. The Morgan fingerprint density at radius 1 is 0.938 bits per heavy atom. The maximum atomic E-state index is 12.4. The Bertz CT molecular complexity index is 855. The zero-order valence-corrected chi connectivity index (χ0v) is 18.0. The number of ether oxygens (including phenoxy) is 1. The predicted molar refractivity (Wildman–Crippen MR) is 117 cm³/mol. The van der Waals surface area contributed by atoms with E-state index < -0.39 is 6.61 Å². The third-order valence-electron chi connectivity index (χ3n) is 5.43. The number of carbonyl (C=O) groups excluding carboxylic acids is 2. The maximum Gasteiger partial charge on any atom is 0.387 e. The number of halogens is 2. The van der Waals surface area contributed by atoms with E-state index in [1.807, 2.05) is 28.0 Å². The maximum absolute atomic E-state index is 12.4. The number of nitrogens with zero attached hydrogens (tertiary/aromatic N) is 2. The summed E-state index contributed by atoms with van der Waals surface area (Å²) in [6.45, 7) is 0.308. The first-order chi connectivity index (χ1) is 15.5. The second kappa shape index (κ2) is 12.1. The monoisotopic (exact) mass is 445 g/mol. The van der Waals surface area contributed by atoms with Crippen molar-refractivity contribution in [3.05, 3.63) is 65.7 Å². The second-order valence-corrected chi connectivity index (χ2v) is 7.80. The number of nitrogens with one attached hydrogen (secondary N) is 1. The molecule has 1 saturated heterocycles. The highest BCUT2D eigenvalue weighted by Gasteiger charge is 2.22. The lowest BCUT2D eigenvalue weighted by molar-refractivity contribution is -0.133. The fourth-order valence-electron chi connectivity index (χ4n) is 3.65. The summed E-state index contributed by atoms with van der Waals surface area (Å²) >= 11 is 0. The smallest absolute Gasteiger partial charge is 0.387 e. The molecule has 1 fully saturated rings. The van der Waals surface area contributed by atoms with Crippen LogP contribution in [0.25, 0.3) is 0 Å². The number of alkyl halides is 2. The van der Waals surface area contributed by atoms with Crippen LogP contribution in [0.1, 0.15) is 24.0 Å². The van der Waals surface area contributed by atoms with Crippen LogP contribution in [0, 0.1) is 0 Å². The highest BCUT2D eigenvalue weighted by molar-refractivity contribution is 5.78. The third kappa shape index (κ3) is 7.92. The quantitative estimate of drug-likeness (QED) is 0.611. The number of benzene rings is 2. The summed E-state index contributed by atoms with van der Waals surface area (Å²) in [6.07, 6.45) is 2.27. The Kier molecular flexibility index (Phi) is 8.98. The summed E-state index contributed by atoms with van der Waals surface area (Å²) in [5.74, 6) is 0.146. The van der Waals surface area contributed by atoms with Gasteiger partial charge >= 0.3 is 6.61 Å². The summed E-state index contributed by atoms with van der Waals surface area (Å²) in [5, 5.41) is 2.83. The van der Waals surface area contributed by atoms with Crippen molar-refractivity contribution < 1.29 is 23.1 Å². The van der Waals surface area contributed by atoms with Crippen LogP contribution in [0.2, 0.25) is 0 Å². The molecular weight excluding hydrogens is 416 g/mol. The van der Waals surface area contributed by atoms with Crippen molar-refractivity contribution >= 4 is 11.8 Å². The molecule has 0 saturated carbocycles. The van der Waals surface area contributed by atoms with Crippen molar-refractivity contribution in [2.75, 3.05) is 32.7 Å². The molecule has 0 radical (unpaired) electrons. The van der Waals surface area contributed by atoms with E-state index in [9.17, 15) is 18.4 Å². The Hall–Kier alpha value is -3.00. The van der Waals surface area contributed by atoms with Gasteiger partial charge < -0.3 is 15.0 Å². The molecule has 2 amide bonds. The lowest BCUT2D eigenvalue weighted by Crippen LogP contribution is -2.51. The predicted octanol–water partition coefficient (Wildman–Crippen LogP) is 3.07. The third-order valence-corrected chi connectivity index (χ3v) is 5.43. The SMILES string of the molecule is O=C(CN1CCN(C(=O)CCCc2ccccc2)CC1)NCc1ccc(OC(F)F)cc1. The van der Waals surface area contributed by atoms with Gasteiger partial charge in [0.25, 0.3) is 0 Å². The number of hydrogen-bond acceptors (Lipinski definition) is 4. The molecule has 2 aromatic rings. The number of carbonyl (C=O) groups is 2. The lowest BCUT2D eigenvalue weighted by atomic mass is 10.1. The highest BCUT2D eigenvalue weighted by Crippen LogP contribution is 2.15. The number of piperazine rings is 1. The molecule has 1 heterocycles. The van der Waals surface area contributed by atoms with Gasteiger partial charge in [-0.2, -0.15) is 8.78 Å². The zero-order chi connectivity index (χ0) is 22.8. The van der Waals surface area contributed by atoms with Crippen molar-refractivity contribution in [1.82, 2.24) is 15.1 Å². The average molecular weight is 446 g/mol. The molecular formula is C24H29F2N3O3. The van der Waals surface area contributed by atoms with Gasteiger partial charge in [0.05, 0.1) is 6.54 Å². The van der Waals surface area contributed by atoms with E-state index in [-0.39, 0.29) is 24.1 Å². The van der Waals surface area contributed by atoms with Crippen molar-refractivity contribution in [3.63, 3.8) is 0 Å². The molecule has 3 rings (SSSR count). The van der Waals surface area contributed by atoms with Gasteiger partial charge in [-0.3, -0.25) is 14.5 Å². The highest BCUT2D eigenvalue weighted by atomic mass is 19.3. The van der Waals surface area contributed by atoms with Crippen LogP contribution in [-0.2, 0) is 22.6 Å². The van der Waals surface area contributed by atoms with Gasteiger partial charge in [-0.05, 0) is 36.1 Å². The van der Waals surface area contributed by atoms with Crippen LogP contribution in [0.15, 0.2) is 54.6 Å². The van der Waals surface area contributed by atoms with E-state index in [0.29, 0.717) is 39.1 Å². The fraction of sp³-hybridized carbons (Fsp3) is 0.417. The molecule has 0 bridgehead atoms. The molecule has 32 heavy (non-hydrogen) atoms. The molecule has 0 unspecified atom stereocenters. The number of amides is 2. The topological polar surface area (TPSA) is 61.9 Å².